The van der Waals surface area contributed by atoms with E-state index in [1.807, 2.05) is 0 Å². The lowest BCUT2D eigenvalue weighted by atomic mass is 10.5. The molecule has 1 heterocycles. The summed E-state index contributed by atoms with van der Waals surface area (Å²) >= 11 is 0. The number of nitrogens with one attached hydrogen (secondary N) is 4. The normalized spacial score (nSPS) is 36.9. The number of rotatable bonds is 12. The van der Waals surface area contributed by atoms with E-state index >= 15 is 0 Å². The van der Waals surface area contributed by atoms with Gasteiger partial charge in [-0.1, -0.05) is 27.7 Å². The second-order valence-electron chi connectivity index (χ2n) is 7.90. The number of hydrogen-bond acceptors (Lipinski definition) is 8. The molecule has 0 unspecified atom stereocenters. The molecule has 0 spiro atoms. The summed E-state index contributed by atoms with van der Waals surface area (Å²) in [6.07, 6.45) is 4.07. The molecule has 4 N–H and O–H groups in total. The first kappa shape index (κ1) is 26.6. The molecule has 0 atom stereocenters. The largest absolute Gasteiger partial charge is 0.405 e. The van der Waals surface area contributed by atoms with Crippen LogP contribution >= 0.6 is 0 Å². The average molecular weight is 469 g/mol. The Hall–Kier alpha value is 0.548. The highest BCUT2D eigenvalue weighted by atomic mass is 28.5. The van der Waals surface area contributed by atoms with Gasteiger partial charge < -0.3 is 16.5 Å². The molecule has 0 radical (unpaired) electrons. The maximum Gasteiger partial charge on any atom is 0.405 e. The molecule has 1 fully saturated rings. The van der Waals surface area contributed by atoms with Gasteiger partial charge >= 0.3 is 34.9 Å². The van der Waals surface area contributed by atoms with Crippen LogP contribution in [-0.4, -0.2) is 61.1 Å². The summed E-state index contributed by atoms with van der Waals surface area (Å²) in [5.41, 5.74) is 0. The molecule has 1 rings (SSSR count). The second kappa shape index (κ2) is 11.8. The molecule has 8 nitrogen and oxygen atoms in total. The second-order valence-corrected chi connectivity index (χ2v) is 20.1. The van der Waals surface area contributed by atoms with Crippen LogP contribution in [0.2, 0.25) is 26.2 Å². The minimum Gasteiger partial charge on any atom is -0.392 e. The summed E-state index contributed by atoms with van der Waals surface area (Å²) in [6.45, 7) is 20.3. The first-order chi connectivity index (χ1) is 13.1. The van der Waals surface area contributed by atoms with Gasteiger partial charge in [0.2, 0.25) is 0 Å². The van der Waals surface area contributed by atoms with E-state index in [9.17, 15) is 0 Å². The van der Waals surface area contributed by atoms with E-state index < -0.39 is 34.9 Å². The maximum absolute atomic E-state index is 6.74. The monoisotopic (exact) mass is 468 g/mol. The lowest BCUT2D eigenvalue weighted by Crippen LogP contribution is -2.79. The van der Waals surface area contributed by atoms with Crippen LogP contribution in [0.3, 0.4) is 0 Å². The molecule has 0 aromatic rings. The fraction of sp³-hybridized carbons (Fsp3) is 1.00. The lowest BCUT2D eigenvalue weighted by molar-refractivity contribution is 0.197. The zero-order valence-electron chi connectivity index (χ0n) is 19.3. The topological polar surface area (TPSA) is 85.0 Å². The van der Waals surface area contributed by atoms with Crippen LogP contribution in [0.15, 0.2) is 0 Å². The van der Waals surface area contributed by atoms with Crippen LogP contribution in [0.25, 0.3) is 0 Å². The Balaban J connectivity index is 3.24. The molecule has 28 heavy (non-hydrogen) atoms. The fourth-order valence-corrected chi connectivity index (χ4v) is 22.5. The smallest absolute Gasteiger partial charge is 0.392 e. The fourth-order valence-electron chi connectivity index (χ4n) is 3.27. The van der Waals surface area contributed by atoms with Crippen molar-refractivity contribution in [3.8, 4) is 0 Å². The van der Waals surface area contributed by atoms with Crippen molar-refractivity contribution in [3.05, 3.63) is 0 Å². The Kier molecular flexibility index (Phi) is 11.2. The molecule has 0 bridgehead atoms. The van der Waals surface area contributed by atoms with Gasteiger partial charge in [-0.2, -0.15) is 0 Å². The molecule has 1 saturated heterocycles. The molecule has 168 valence electrons. The molecule has 0 aromatic carbocycles. The van der Waals surface area contributed by atoms with Crippen LogP contribution in [0.4, 0.5) is 0 Å². The SMILES string of the molecule is CCCN[Si]1(C)O[Si](C)(NCCC)O[Si](C)(NCCC)O[Si](C)(NCCC)O1. The van der Waals surface area contributed by atoms with E-state index in [1.165, 1.54) is 0 Å². The predicted molar refractivity (Wildman–Crippen MR) is 124 cm³/mol. The van der Waals surface area contributed by atoms with Crippen molar-refractivity contribution < 1.29 is 16.5 Å². The first-order valence-corrected chi connectivity index (χ1v) is 20.1. The standard InChI is InChI=1S/C16H44N4O4Si4/c1-9-13-17-25(5)21-26(6,18-14-10-2)23-28(8,20-16-12-4)24-27(7,22-25)19-15-11-3/h17-20H,9-16H2,1-8H3. The van der Waals surface area contributed by atoms with Crippen LogP contribution in [-0.2, 0) is 16.5 Å². The minimum atomic E-state index is -2.71. The van der Waals surface area contributed by atoms with E-state index in [4.69, 9.17) is 16.5 Å². The van der Waals surface area contributed by atoms with Gasteiger partial charge in [-0.15, -0.1) is 0 Å². The van der Waals surface area contributed by atoms with E-state index in [1.54, 1.807) is 0 Å². The van der Waals surface area contributed by atoms with Crippen molar-refractivity contribution in [1.29, 1.82) is 0 Å². The van der Waals surface area contributed by atoms with Crippen LogP contribution in [0.1, 0.15) is 53.4 Å². The lowest BCUT2D eigenvalue weighted by Gasteiger charge is -2.49. The molecule has 0 aliphatic carbocycles. The molecular weight excluding hydrogens is 425 g/mol. The van der Waals surface area contributed by atoms with Crippen molar-refractivity contribution in [1.82, 2.24) is 19.9 Å². The van der Waals surface area contributed by atoms with Gasteiger partial charge in [0.15, 0.2) is 0 Å². The van der Waals surface area contributed by atoms with Gasteiger partial charge in [-0.05, 0) is 78.1 Å². The van der Waals surface area contributed by atoms with Gasteiger partial charge in [0.25, 0.3) is 0 Å². The summed E-state index contributed by atoms with van der Waals surface area (Å²) in [6, 6.07) is 0. The van der Waals surface area contributed by atoms with Crippen molar-refractivity contribution in [2.24, 2.45) is 0 Å². The molecular formula is C16H44N4O4Si4. The third kappa shape index (κ3) is 8.73. The Labute approximate surface area is 177 Å². The van der Waals surface area contributed by atoms with Gasteiger partial charge in [-0.25, -0.2) is 0 Å². The number of hydrogen-bond donors (Lipinski definition) is 4. The van der Waals surface area contributed by atoms with Gasteiger partial charge in [-0.3, -0.25) is 19.9 Å². The third-order valence-electron chi connectivity index (χ3n) is 4.34. The quantitative estimate of drug-likeness (QED) is 0.325. The highest BCUT2D eigenvalue weighted by molar-refractivity contribution is 6.91. The highest BCUT2D eigenvalue weighted by Gasteiger charge is 2.58. The maximum atomic E-state index is 6.74. The predicted octanol–water partition coefficient (Wildman–Crippen LogP) is 2.34. The molecule has 0 amide bonds. The Morgan fingerprint density at radius 1 is 0.429 bits per heavy atom. The Morgan fingerprint density at radius 3 is 0.750 bits per heavy atom. The minimum absolute atomic E-state index is 0.849. The average Bonchev–Trinajstić information content (AvgIpc) is 2.60. The summed E-state index contributed by atoms with van der Waals surface area (Å²) < 4.78 is 27.0. The summed E-state index contributed by atoms with van der Waals surface area (Å²) in [4.78, 5) is 14.3. The van der Waals surface area contributed by atoms with Crippen molar-refractivity contribution in [2.75, 3.05) is 26.2 Å². The first-order valence-electron chi connectivity index (χ1n) is 10.9. The van der Waals surface area contributed by atoms with Crippen LogP contribution in [0, 0.1) is 0 Å². The molecule has 0 saturated carbocycles. The highest BCUT2D eigenvalue weighted by Crippen LogP contribution is 2.26. The van der Waals surface area contributed by atoms with Gasteiger partial charge in [0.1, 0.15) is 0 Å². The van der Waals surface area contributed by atoms with E-state index in [-0.39, 0.29) is 0 Å². The van der Waals surface area contributed by atoms with Crippen molar-refractivity contribution in [2.45, 2.75) is 79.6 Å². The summed E-state index contributed by atoms with van der Waals surface area (Å²) in [7, 11) is -10.8. The van der Waals surface area contributed by atoms with Crippen molar-refractivity contribution in [3.63, 3.8) is 0 Å². The van der Waals surface area contributed by atoms with E-state index in [2.05, 4.69) is 73.8 Å². The zero-order valence-corrected chi connectivity index (χ0v) is 23.3. The zero-order chi connectivity index (χ0) is 21.3. The van der Waals surface area contributed by atoms with E-state index in [0.29, 0.717) is 0 Å². The molecule has 1 aliphatic rings. The Morgan fingerprint density at radius 2 is 0.607 bits per heavy atom. The molecule has 12 heteroatoms. The van der Waals surface area contributed by atoms with E-state index in [0.717, 1.165) is 51.9 Å². The third-order valence-corrected chi connectivity index (χ3v) is 20.4. The van der Waals surface area contributed by atoms with Gasteiger partial charge in [0.05, 0.1) is 0 Å². The van der Waals surface area contributed by atoms with Gasteiger partial charge in [0, 0.05) is 0 Å². The van der Waals surface area contributed by atoms with Crippen LogP contribution < -0.4 is 19.9 Å². The Bertz CT molecular complexity index is 376. The summed E-state index contributed by atoms with van der Waals surface area (Å²) in [5, 5.41) is 0. The van der Waals surface area contributed by atoms with Crippen LogP contribution in [0.5, 0.6) is 0 Å². The molecule has 0 aromatic heterocycles. The molecule has 1 aliphatic heterocycles. The van der Waals surface area contributed by atoms with Crippen molar-refractivity contribution >= 4 is 34.9 Å². The summed E-state index contributed by atoms with van der Waals surface area (Å²) in [5.74, 6) is 0.